The van der Waals surface area contributed by atoms with Crippen LogP contribution in [-0.2, 0) is 4.74 Å². The Morgan fingerprint density at radius 3 is 2.52 bits per heavy atom. The van der Waals surface area contributed by atoms with Gasteiger partial charge >= 0.3 is 0 Å². The highest BCUT2D eigenvalue weighted by atomic mass is 16.5. The van der Waals surface area contributed by atoms with Crippen molar-refractivity contribution in [3.63, 3.8) is 0 Å². The van der Waals surface area contributed by atoms with Gasteiger partial charge in [0.2, 0.25) is 0 Å². The molecule has 10 heteroatoms. The van der Waals surface area contributed by atoms with Crippen LogP contribution in [0.15, 0.2) is 91.4 Å². The van der Waals surface area contributed by atoms with Gasteiger partial charge in [-0.25, -0.2) is 4.98 Å². The molecule has 10 nitrogen and oxygen atoms in total. The molecule has 1 amide bonds. The number of amides is 1. The molecule has 0 unspecified atom stereocenters. The number of aromatic nitrogens is 3. The number of hydrogen-bond acceptors (Lipinski definition) is 9. The van der Waals surface area contributed by atoms with Crippen LogP contribution in [0, 0.1) is 0 Å². The number of benzene rings is 2. The maximum atomic E-state index is 12.9. The largest absolute Gasteiger partial charge is 0.493 e. The second-order valence-electron chi connectivity index (χ2n) is 10.2. The summed E-state index contributed by atoms with van der Waals surface area (Å²) in [5.41, 5.74) is 2.93. The predicted octanol–water partition coefficient (Wildman–Crippen LogP) is 5.85. The van der Waals surface area contributed by atoms with Crippen molar-refractivity contribution >= 4 is 22.6 Å². The van der Waals surface area contributed by atoms with Gasteiger partial charge in [0, 0.05) is 43.5 Å². The molecule has 1 N–H and O–H groups in total. The zero-order valence-corrected chi connectivity index (χ0v) is 24.4. The van der Waals surface area contributed by atoms with Crippen LogP contribution in [0.4, 0.5) is 5.82 Å². The third kappa shape index (κ3) is 7.11. The number of nitrogens with zero attached hydrogens (tertiary/aromatic N) is 4. The van der Waals surface area contributed by atoms with Crippen molar-refractivity contribution in [3.8, 4) is 34.1 Å². The molecule has 2 aromatic carbocycles. The van der Waals surface area contributed by atoms with E-state index in [9.17, 15) is 4.79 Å². The number of nitrogens with one attached hydrogen (secondary N) is 1. The second kappa shape index (κ2) is 13.9. The molecular weight excluding hydrogens is 558 g/mol. The van der Waals surface area contributed by atoms with Gasteiger partial charge in [-0.05, 0) is 53.9 Å². The minimum Gasteiger partial charge on any atom is -0.493 e. The number of anilines is 1. The Bertz CT molecular complexity index is 1710. The van der Waals surface area contributed by atoms with Gasteiger partial charge < -0.3 is 24.3 Å². The molecule has 1 aliphatic rings. The fraction of sp³-hybridized carbons (Fsp3) is 0.235. The summed E-state index contributed by atoms with van der Waals surface area (Å²) in [6.07, 6.45) is 5.76. The van der Waals surface area contributed by atoms with Gasteiger partial charge in [-0.3, -0.25) is 19.7 Å². The van der Waals surface area contributed by atoms with E-state index < -0.39 is 0 Å². The molecule has 0 aliphatic carbocycles. The smallest absolute Gasteiger partial charge is 0.275 e. The SMILES string of the molecule is COc1cc2c(Oc3ccc(NC(=O)c4cc(-c5ccccc5)ccn4)nc3)ccnc2cc1OCCCN1CCOCC1. The molecule has 0 radical (unpaired) electrons. The van der Waals surface area contributed by atoms with Crippen molar-refractivity contribution < 1.29 is 23.7 Å². The van der Waals surface area contributed by atoms with E-state index in [0.29, 0.717) is 46.6 Å². The molecule has 44 heavy (non-hydrogen) atoms. The molecule has 6 rings (SSSR count). The normalized spacial score (nSPS) is 13.4. The van der Waals surface area contributed by atoms with E-state index in [4.69, 9.17) is 18.9 Å². The van der Waals surface area contributed by atoms with E-state index in [1.54, 1.807) is 50.0 Å². The summed E-state index contributed by atoms with van der Waals surface area (Å²) < 4.78 is 23.3. The molecule has 5 aromatic rings. The summed E-state index contributed by atoms with van der Waals surface area (Å²) in [7, 11) is 1.61. The highest BCUT2D eigenvalue weighted by Gasteiger charge is 2.15. The molecule has 1 fully saturated rings. The number of ether oxygens (including phenoxy) is 4. The first-order chi connectivity index (χ1) is 21.7. The van der Waals surface area contributed by atoms with Crippen LogP contribution in [0.2, 0.25) is 0 Å². The van der Waals surface area contributed by atoms with E-state index >= 15 is 0 Å². The van der Waals surface area contributed by atoms with Crippen LogP contribution in [0.3, 0.4) is 0 Å². The second-order valence-corrected chi connectivity index (χ2v) is 10.2. The number of methoxy groups -OCH3 is 1. The molecule has 1 saturated heterocycles. The van der Waals surface area contributed by atoms with E-state index in [-0.39, 0.29) is 5.91 Å². The number of pyridine rings is 3. The highest BCUT2D eigenvalue weighted by Crippen LogP contribution is 2.37. The van der Waals surface area contributed by atoms with E-state index in [0.717, 1.165) is 55.8 Å². The van der Waals surface area contributed by atoms with Gasteiger partial charge in [-0.1, -0.05) is 30.3 Å². The molecule has 4 heterocycles. The van der Waals surface area contributed by atoms with Crippen LogP contribution in [0.1, 0.15) is 16.9 Å². The lowest BCUT2D eigenvalue weighted by Gasteiger charge is -2.26. The standard InChI is InChI=1S/C34H33N5O5/c1-41-31-21-27-28(22-32(31)43-17-5-14-39-15-18-42-19-16-39)35-13-11-30(27)44-26-8-9-33(37-23-26)38-34(40)29-20-25(10-12-36-29)24-6-3-2-4-7-24/h2-4,6-13,20-23H,5,14-19H2,1H3,(H,37,38,40). The lowest BCUT2D eigenvalue weighted by molar-refractivity contribution is 0.0357. The number of rotatable bonds is 11. The van der Waals surface area contributed by atoms with Crippen molar-refractivity contribution in [1.29, 1.82) is 0 Å². The summed E-state index contributed by atoms with van der Waals surface area (Å²) >= 11 is 0. The van der Waals surface area contributed by atoms with Crippen molar-refractivity contribution in [2.75, 3.05) is 51.9 Å². The third-order valence-electron chi connectivity index (χ3n) is 7.27. The average molecular weight is 592 g/mol. The van der Waals surface area contributed by atoms with Crippen molar-refractivity contribution in [1.82, 2.24) is 19.9 Å². The van der Waals surface area contributed by atoms with Gasteiger partial charge in [0.05, 0.1) is 38.6 Å². The molecule has 224 valence electrons. The predicted molar refractivity (Wildman–Crippen MR) is 168 cm³/mol. The summed E-state index contributed by atoms with van der Waals surface area (Å²) in [6, 6.07) is 22.4. The van der Waals surface area contributed by atoms with Crippen LogP contribution >= 0.6 is 0 Å². The van der Waals surface area contributed by atoms with E-state index in [1.807, 2.05) is 48.5 Å². The van der Waals surface area contributed by atoms with Crippen LogP contribution in [0.25, 0.3) is 22.0 Å². The molecule has 0 bridgehead atoms. The summed E-state index contributed by atoms with van der Waals surface area (Å²) in [4.78, 5) is 28.4. The molecule has 0 spiro atoms. The van der Waals surface area contributed by atoms with Gasteiger partial charge in [0.25, 0.3) is 5.91 Å². The lowest BCUT2D eigenvalue weighted by Crippen LogP contribution is -2.37. The Balaban J connectivity index is 1.10. The summed E-state index contributed by atoms with van der Waals surface area (Å²) in [5, 5.41) is 3.57. The van der Waals surface area contributed by atoms with Crippen LogP contribution < -0.4 is 19.5 Å². The molecule has 0 atom stereocenters. The lowest BCUT2D eigenvalue weighted by atomic mass is 10.1. The van der Waals surface area contributed by atoms with Crippen molar-refractivity contribution in [2.45, 2.75) is 6.42 Å². The minimum atomic E-state index is -0.352. The van der Waals surface area contributed by atoms with Gasteiger partial charge in [-0.15, -0.1) is 0 Å². The van der Waals surface area contributed by atoms with Crippen molar-refractivity contribution in [3.05, 3.63) is 97.1 Å². The zero-order valence-electron chi connectivity index (χ0n) is 24.4. The number of fused-ring (bicyclic) bond motifs is 1. The number of morpholine rings is 1. The molecule has 3 aromatic heterocycles. The Morgan fingerprint density at radius 1 is 0.886 bits per heavy atom. The molecule has 1 aliphatic heterocycles. The van der Waals surface area contributed by atoms with E-state index in [1.165, 1.54) is 0 Å². The van der Waals surface area contributed by atoms with Gasteiger partial charge in [0.15, 0.2) is 11.5 Å². The maximum absolute atomic E-state index is 12.9. The zero-order chi connectivity index (χ0) is 30.1. The Kier molecular flexibility index (Phi) is 9.20. The summed E-state index contributed by atoms with van der Waals surface area (Å²) in [6.45, 7) is 5.02. The average Bonchev–Trinajstić information content (AvgIpc) is 3.08. The number of hydrogen-bond donors (Lipinski definition) is 1. The minimum absolute atomic E-state index is 0.297. The van der Waals surface area contributed by atoms with Gasteiger partial charge in [-0.2, -0.15) is 0 Å². The van der Waals surface area contributed by atoms with Crippen LogP contribution in [0.5, 0.6) is 23.0 Å². The fourth-order valence-electron chi connectivity index (χ4n) is 4.97. The number of carbonyl (C=O) groups is 1. The maximum Gasteiger partial charge on any atom is 0.275 e. The first-order valence-electron chi connectivity index (χ1n) is 14.5. The quantitative estimate of drug-likeness (QED) is 0.189. The number of carbonyl (C=O) groups excluding carboxylic acids is 1. The third-order valence-corrected chi connectivity index (χ3v) is 7.27. The fourth-order valence-corrected chi connectivity index (χ4v) is 4.97. The molecular formula is C34H33N5O5. The van der Waals surface area contributed by atoms with E-state index in [2.05, 4.69) is 25.2 Å². The Hall–Kier alpha value is -5.06. The first kappa shape index (κ1) is 29.0. The van der Waals surface area contributed by atoms with Crippen molar-refractivity contribution in [2.24, 2.45) is 0 Å². The first-order valence-corrected chi connectivity index (χ1v) is 14.5. The van der Waals surface area contributed by atoms with Crippen LogP contribution in [-0.4, -0.2) is 72.3 Å². The Labute approximate surface area is 255 Å². The summed E-state index contributed by atoms with van der Waals surface area (Å²) in [5.74, 6) is 2.36. The van der Waals surface area contributed by atoms with Gasteiger partial charge in [0.1, 0.15) is 23.0 Å². The monoisotopic (exact) mass is 591 g/mol. The molecule has 0 saturated carbocycles. The highest BCUT2D eigenvalue weighted by molar-refractivity contribution is 6.03. The Morgan fingerprint density at radius 2 is 1.73 bits per heavy atom. The topological polar surface area (TPSA) is 108 Å².